The Labute approximate surface area is 87.0 Å². The Morgan fingerprint density at radius 1 is 1.27 bits per heavy atom. The lowest BCUT2D eigenvalue weighted by molar-refractivity contribution is -0.746. The normalized spacial score (nSPS) is 10.2. The van der Waals surface area contributed by atoms with Crippen molar-refractivity contribution in [1.29, 1.82) is 0 Å². The first-order valence-electron chi connectivity index (χ1n) is 4.56. The molecule has 1 aromatic carbocycles. The third-order valence-corrected chi connectivity index (χ3v) is 2.29. The SMILES string of the molecule is C[n+]1c(C(=O)O)ccn1-c1ccccc1. The van der Waals surface area contributed by atoms with Gasteiger partial charge in [0.15, 0.2) is 7.05 Å². The van der Waals surface area contributed by atoms with E-state index < -0.39 is 5.97 Å². The van der Waals surface area contributed by atoms with Gasteiger partial charge >= 0.3 is 11.7 Å². The minimum atomic E-state index is -0.924. The molecule has 2 rings (SSSR count). The van der Waals surface area contributed by atoms with Crippen molar-refractivity contribution in [3.05, 3.63) is 48.3 Å². The van der Waals surface area contributed by atoms with Gasteiger partial charge in [-0.05, 0) is 12.1 Å². The lowest BCUT2D eigenvalue weighted by atomic mass is 10.3. The Hall–Kier alpha value is -2.10. The molecule has 2 aromatic rings. The van der Waals surface area contributed by atoms with Crippen molar-refractivity contribution >= 4 is 5.97 Å². The molecular formula is C11H11N2O2+. The smallest absolute Gasteiger partial charge is 0.403 e. The van der Waals surface area contributed by atoms with E-state index in [2.05, 4.69) is 0 Å². The number of carboxylic acid groups (broad SMARTS) is 1. The fourth-order valence-corrected chi connectivity index (χ4v) is 1.51. The molecule has 1 aromatic heterocycles. The number of hydrogen-bond donors (Lipinski definition) is 1. The van der Waals surface area contributed by atoms with Crippen LogP contribution in [-0.2, 0) is 7.05 Å². The van der Waals surface area contributed by atoms with E-state index in [1.54, 1.807) is 28.7 Å². The van der Waals surface area contributed by atoms with Crippen molar-refractivity contribution in [2.75, 3.05) is 0 Å². The molecule has 0 radical (unpaired) electrons. The van der Waals surface area contributed by atoms with Crippen LogP contribution in [0.15, 0.2) is 42.6 Å². The molecule has 0 spiro atoms. The summed E-state index contributed by atoms with van der Waals surface area (Å²) in [7, 11) is 1.72. The van der Waals surface area contributed by atoms with Crippen LogP contribution >= 0.6 is 0 Å². The third kappa shape index (κ3) is 1.61. The van der Waals surface area contributed by atoms with Gasteiger partial charge in [-0.25, -0.2) is 4.79 Å². The molecule has 0 unspecified atom stereocenters. The fraction of sp³-hybridized carbons (Fsp3) is 0.0909. The second-order valence-corrected chi connectivity index (χ2v) is 3.21. The van der Waals surface area contributed by atoms with Crippen LogP contribution in [0.1, 0.15) is 10.5 Å². The highest BCUT2D eigenvalue weighted by Gasteiger charge is 2.20. The molecule has 0 amide bonds. The Morgan fingerprint density at radius 3 is 2.47 bits per heavy atom. The second-order valence-electron chi connectivity index (χ2n) is 3.21. The number of carboxylic acids is 1. The van der Waals surface area contributed by atoms with E-state index in [1.807, 2.05) is 30.3 Å². The lowest BCUT2D eigenvalue weighted by Crippen LogP contribution is -2.42. The summed E-state index contributed by atoms with van der Waals surface area (Å²) < 4.78 is 3.38. The van der Waals surface area contributed by atoms with Crippen molar-refractivity contribution in [3.8, 4) is 5.69 Å². The van der Waals surface area contributed by atoms with E-state index in [9.17, 15) is 4.79 Å². The van der Waals surface area contributed by atoms with Crippen LogP contribution in [0.4, 0.5) is 0 Å². The van der Waals surface area contributed by atoms with Gasteiger partial charge in [0.05, 0.1) is 6.20 Å². The summed E-state index contributed by atoms with van der Waals surface area (Å²) >= 11 is 0. The van der Waals surface area contributed by atoms with Crippen LogP contribution in [0.3, 0.4) is 0 Å². The van der Waals surface area contributed by atoms with E-state index in [0.29, 0.717) is 0 Å². The molecule has 1 heterocycles. The van der Waals surface area contributed by atoms with E-state index in [0.717, 1.165) is 5.69 Å². The standard InChI is InChI=1S/C11H10N2O2/c1-12-10(11(14)15)7-8-13(12)9-5-3-2-4-6-9/h2-8H,1H3/p+1. The zero-order valence-corrected chi connectivity index (χ0v) is 8.29. The summed E-state index contributed by atoms with van der Waals surface area (Å²) in [4.78, 5) is 10.8. The molecule has 0 atom stereocenters. The molecule has 1 N–H and O–H groups in total. The first-order chi connectivity index (χ1) is 7.20. The average Bonchev–Trinajstić information content (AvgIpc) is 2.61. The lowest BCUT2D eigenvalue weighted by Gasteiger charge is -1.98. The van der Waals surface area contributed by atoms with Crippen molar-refractivity contribution in [2.24, 2.45) is 7.05 Å². The van der Waals surface area contributed by atoms with E-state index in [1.165, 1.54) is 0 Å². The number of para-hydroxylation sites is 1. The van der Waals surface area contributed by atoms with Crippen molar-refractivity contribution in [1.82, 2.24) is 4.68 Å². The van der Waals surface area contributed by atoms with Crippen LogP contribution in [-0.4, -0.2) is 15.8 Å². The molecule has 0 bridgehead atoms. The maximum Gasteiger partial charge on any atom is 0.403 e. The van der Waals surface area contributed by atoms with Gasteiger partial charge in [-0.3, -0.25) is 0 Å². The zero-order valence-electron chi connectivity index (χ0n) is 8.29. The van der Waals surface area contributed by atoms with Gasteiger partial charge in [-0.15, -0.1) is 4.68 Å². The van der Waals surface area contributed by atoms with E-state index in [4.69, 9.17) is 5.11 Å². The van der Waals surface area contributed by atoms with Crippen LogP contribution in [0, 0.1) is 0 Å². The second kappa shape index (κ2) is 3.57. The van der Waals surface area contributed by atoms with Crippen LogP contribution < -0.4 is 4.68 Å². The Morgan fingerprint density at radius 2 is 1.93 bits per heavy atom. The van der Waals surface area contributed by atoms with Gasteiger partial charge in [0, 0.05) is 6.07 Å². The highest BCUT2D eigenvalue weighted by Crippen LogP contribution is 2.04. The van der Waals surface area contributed by atoms with Crippen LogP contribution in [0.2, 0.25) is 0 Å². The maximum absolute atomic E-state index is 10.8. The Kier molecular flexibility index (Phi) is 2.25. The summed E-state index contributed by atoms with van der Waals surface area (Å²) in [6.45, 7) is 0. The van der Waals surface area contributed by atoms with Gasteiger partial charge in [0.25, 0.3) is 0 Å². The first-order valence-corrected chi connectivity index (χ1v) is 4.56. The van der Waals surface area contributed by atoms with Gasteiger partial charge in [0.1, 0.15) is 5.69 Å². The monoisotopic (exact) mass is 203 g/mol. The predicted octanol–water partition coefficient (Wildman–Crippen LogP) is 1.000. The van der Waals surface area contributed by atoms with Crippen LogP contribution in [0.5, 0.6) is 0 Å². The number of hydrogen-bond acceptors (Lipinski definition) is 1. The van der Waals surface area contributed by atoms with Gasteiger partial charge in [0.2, 0.25) is 0 Å². The third-order valence-electron chi connectivity index (χ3n) is 2.29. The van der Waals surface area contributed by atoms with E-state index >= 15 is 0 Å². The molecule has 0 saturated carbocycles. The van der Waals surface area contributed by atoms with Crippen molar-refractivity contribution in [2.45, 2.75) is 0 Å². The number of carbonyl (C=O) groups is 1. The fourth-order valence-electron chi connectivity index (χ4n) is 1.51. The first kappa shape index (κ1) is 9.45. The molecule has 76 valence electrons. The van der Waals surface area contributed by atoms with Crippen molar-refractivity contribution < 1.29 is 14.6 Å². The number of benzene rings is 1. The molecule has 4 nitrogen and oxygen atoms in total. The number of aromatic carboxylic acids is 1. The highest BCUT2D eigenvalue weighted by atomic mass is 16.4. The summed E-state index contributed by atoms with van der Waals surface area (Å²) in [6, 6.07) is 11.2. The molecule has 0 aliphatic rings. The number of aromatic nitrogens is 2. The molecule has 0 aliphatic carbocycles. The Balaban J connectivity index is 2.52. The summed E-state index contributed by atoms with van der Waals surface area (Å²) in [6.07, 6.45) is 1.73. The molecule has 0 saturated heterocycles. The molecule has 0 aliphatic heterocycles. The highest BCUT2D eigenvalue weighted by molar-refractivity contribution is 5.83. The molecule has 15 heavy (non-hydrogen) atoms. The Bertz CT molecular complexity index is 489. The number of rotatable bonds is 2. The van der Waals surface area contributed by atoms with Gasteiger partial charge in [-0.1, -0.05) is 22.9 Å². The molecule has 0 fully saturated rings. The summed E-state index contributed by atoms with van der Waals surface area (Å²) in [5.41, 5.74) is 1.20. The molecule has 4 heteroatoms. The maximum atomic E-state index is 10.8. The summed E-state index contributed by atoms with van der Waals surface area (Å²) in [5.74, 6) is -0.924. The largest absolute Gasteiger partial charge is 0.473 e. The van der Waals surface area contributed by atoms with Crippen LogP contribution in [0.25, 0.3) is 5.69 Å². The van der Waals surface area contributed by atoms with Crippen molar-refractivity contribution in [3.63, 3.8) is 0 Å². The summed E-state index contributed by atoms with van der Waals surface area (Å²) in [5, 5.41) is 8.89. The van der Waals surface area contributed by atoms with Gasteiger partial charge in [-0.2, -0.15) is 0 Å². The predicted molar refractivity (Wildman–Crippen MR) is 53.9 cm³/mol. The number of nitrogens with zero attached hydrogens (tertiary/aromatic N) is 2. The minimum Gasteiger partial charge on any atom is -0.473 e. The topological polar surface area (TPSA) is 46.1 Å². The minimum absolute atomic E-state index is 0.263. The molecular weight excluding hydrogens is 192 g/mol. The zero-order chi connectivity index (χ0) is 10.8. The quantitative estimate of drug-likeness (QED) is 0.740. The van der Waals surface area contributed by atoms with Gasteiger partial charge < -0.3 is 5.11 Å². The van der Waals surface area contributed by atoms with E-state index in [-0.39, 0.29) is 5.69 Å². The average molecular weight is 203 g/mol.